The molecule has 0 saturated heterocycles. The van der Waals surface area contributed by atoms with Crippen LogP contribution in [0.2, 0.25) is 0 Å². The number of aromatic nitrogens is 2. The third kappa shape index (κ3) is 2.35. The van der Waals surface area contributed by atoms with Crippen molar-refractivity contribution in [1.29, 1.82) is 0 Å². The summed E-state index contributed by atoms with van der Waals surface area (Å²) >= 11 is 1.86. The van der Waals surface area contributed by atoms with Gasteiger partial charge in [-0.05, 0) is 41.5 Å². The lowest BCUT2D eigenvalue weighted by Gasteiger charge is -2.34. The van der Waals surface area contributed by atoms with Gasteiger partial charge >= 0.3 is 0 Å². The van der Waals surface area contributed by atoms with Crippen molar-refractivity contribution < 1.29 is 0 Å². The van der Waals surface area contributed by atoms with Crippen molar-refractivity contribution in [2.75, 3.05) is 0 Å². The van der Waals surface area contributed by atoms with Gasteiger partial charge in [-0.1, -0.05) is 62.0 Å². The van der Waals surface area contributed by atoms with Crippen molar-refractivity contribution in [3.63, 3.8) is 0 Å². The summed E-state index contributed by atoms with van der Waals surface area (Å²) in [5, 5.41) is 0. The van der Waals surface area contributed by atoms with E-state index in [0.717, 1.165) is 22.3 Å². The summed E-state index contributed by atoms with van der Waals surface area (Å²) in [6.45, 7) is 4.61. The highest BCUT2D eigenvalue weighted by Gasteiger charge is 2.33. The van der Waals surface area contributed by atoms with Gasteiger partial charge in [0.25, 0.3) is 0 Å². The Kier molecular flexibility index (Phi) is 3.41. The molecule has 0 saturated carbocycles. The Morgan fingerprint density at radius 1 is 0.769 bits per heavy atom. The lowest BCUT2D eigenvalue weighted by molar-refractivity contribution is 0.607. The van der Waals surface area contributed by atoms with Gasteiger partial charge in [-0.2, -0.15) is 0 Å². The van der Waals surface area contributed by atoms with Crippen LogP contribution in [0.5, 0.6) is 0 Å². The zero-order valence-electron chi connectivity index (χ0n) is 14.7. The van der Waals surface area contributed by atoms with E-state index in [1.165, 1.54) is 20.9 Å². The first kappa shape index (κ1) is 15.6. The van der Waals surface area contributed by atoms with Crippen LogP contribution >= 0.6 is 11.8 Å². The van der Waals surface area contributed by atoms with Crippen molar-refractivity contribution >= 4 is 22.8 Å². The van der Waals surface area contributed by atoms with Crippen LogP contribution in [0.15, 0.2) is 82.7 Å². The Morgan fingerprint density at radius 2 is 1.50 bits per heavy atom. The summed E-state index contributed by atoms with van der Waals surface area (Å²) in [4.78, 5) is 12.1. The molecular weight excluding hydrogens is 336 g/mol. The molecule has 0 N–H and O–H groups in total. The van der Waals surface area contributed by atoms with Crippen molar-refractivity contribution in [2.45, 2.75) is 29.1 Å². The second kappa shape index (κ2) is 5.68. The highest BCUT2D eigenvalue weighted by atomic mass is 32.2. The zero-order valence-corrected chi connectivity index (χ0v) is 15.5. The second-order valence-corrected chi connectivity index (χ2v) is 8.26. The number of nitrogens with zero attached hydrogens (tertiary/aromatic N) is 2. The summed E-state index contributed by atoms with van der Waals surface area (Å²) in [7, 11) is 0. The third-order valence-corrected chi connectivity index (χ3v) is 6.33. The van der Waals surface area contributed by atoms with E-state index in [4.69, 9.17) is 4.98 Å². The van der Waals surface area contributed by atoms with Crippen LogP contribution in [0.25, 0.3) is 22.3 Å². The molecule has 0 aliphatic carbocycles. The Bertz CT molecular complexity index is 1150. The molecule has 1 aliphatic rings. The predicted octanol–water partition coefficient (Wildman–Crippen LogP) is 6.09. The fourth-order valence-corrected chi connectivity index (χ4v) is 5.08. The molecule has 126 valence electrons. The molecule has 3 aromatic carbocycles. The number of hydrogen-bond donors (Lipinski definition) is 0. The largest absolute Gasteiger partial charge is 0.252 e. The van der Waals surface area contributed by atoms with Crippen molar-refractivity contribution in [1.82, 2.24) is 9.97 Å². The molecule has 0 fully saturated rings. The van der Waals surface area contributed by atoms with Gasteiger partial charge in [0.2, 0.25) is 0 Å². The third-order valence-electron chi connectivity index (χ3n) is 5.18. The van der Waals surface area contributed by atoms with E-state index in [9.17, 15) is 0 Å². The Hall–Kier alpha value is -2.65. The molecule has 0 atom stereocenters. The molecule has 3 heteroatoms. The smallest absolute Gasteiger partial charge is 0.0894 e. The maximum absolute atomic E-state index is 4.82. The summed E-state index contributed by atoms with van der Waals surface area (Å²) in [6, 6.07) is 23.4. The molecule has 1 aromatic heterocycles. The first-order valence-electron chi connectivity index (χ1n) is 8.77. The molecule has 0 unspecified atom stereocenters. The minimum Gasteiger partial charge on any atom is -0.252 e. The van der Waals surface area contributed by atoms with E-state index < -0.39 is 0 Å². The average molecular weight is 354 g/mol. The highest BCUT2D eigenvalue weighted by molar-refractivity contribution is 7.99. The van der Waals surface area contributed by atoms with Crippen LogP contribution in [0.3, 0.4) is 0 Å². The van der Waals surface area contributed by atoms with Crippen LogP contribution in [-0.4, -0.2) is 9.97 Å². The molecule has 1 aliphatic heterocycles. The van der Waals surface area contributed by atoms with E-state index in [2.05, 4.69) is 61.3 Å². The fourth-order valence-electron chi connectivity index (χ4n) is 3.70. The number of para-hydroxylation sites is 2. The maximum atomic E-state index is 4.82. The predicted molar refractivity (Wildman–Crippen MR) is 108 cm³/mol. The lowest BCUT2D eigenvalue weighted by Crippen LogP contribution is -2.23. The molecule has 0 bridgehead atoms. The zero-order chi connectivity index (χ0) is 17.7. The maximum Gasteiger partial charge on any atom is 0.0894 e. The van der Waals surface area contributed by atoms with Gasteiger partial charge in [0.1, 0.15) is 0 Å². The highest BCUT2D eigenvalue weighted by Crippen LogP contribution is 2.49. The van der Waals surface area contributed by atoms with E-state index in [1.54, 1.807) is 0 Å². The monoisotopic (exact) mass is 354 g/mol. The van der Waals surface area contributed by atoms with E-state index in [-0.39, 0.29) is 5.41 Å². The van der Waals surface area contributed by atoms with Gasteiger partial charge in [0.05, 0.1) is 22.9 Å². The SMILES string of the molecule is CC1(C)c2ccccc2Sc2ccc(-c3cnc4ccccc4n3)cc21. The summed E-state index contributed by atoms with van der Waals surface area (Å²) in [6.07, 6.45) is 1.88. The topological polar surface area (TPSA) is 25.8 Å². The standard InChI is InChI=1S/C23H18N2S/c1-23(2)16-7-3-6-10-21(16)26-22-12-11-15(13-17(22)23)20-14-24-18-8-4-5-9-19(18)25-20/h3-14H,1-2H3. The van der Waals surface area contributed by atoms with Crippen molar-refractivity contribution in [2.24, 2.45) is 0 Å². The Labute approximate surface area is 157 Å². The molecular formula is C23H18N2S. The van der Waals surface area contributed by atoms with E-state index in [0.29, 0.717) is 0 Å². The van der Waals surface area contributed by atoms with Gasteiger partial charge < -0.3 is 0 Å². The van der Waals surface area contributed by atoms with E-state index >= 15 is 0 Å². The number of rotatable bonds is 1. The first-order chi connectivity index (χ1) is 12.6. The van der Waals surface area contributed by atoms with Gasteiger partial charge in [-0.3, -0.25) is 4.98 Å². The summed E-state index contributed by atoms with van der Waals surface area (Å²) < 4.78 is 0. The molecule has 26 heavy (non-hydrogen) atoms. The molecule has 5 rings (SSSR count). The lowest BCUT2D eigenvalue weighted by atomic mass is 9.77. The van der Waals surface area contributed by atoms with Gasteiger partial charge in [-0.25, -0.2) is 4.98 Å². The van der Waals surface area contributed by atoms with Crippen LogP contribution in [0.4, 0.5) is 0 Å². The minimum atomic E-state index is -0.0303. The summed E-state index contributed by atoms with van der Waals surface area (Å²) in [5.41, 5.74) is 6.62. The molecule has 0 spiro atoms. The normalized spacial score (nSPS) is 14.7. The first-order valence-corrected chi connectivity index (χ1v) is 9.59. The molecule has 2 heterocycles. The van der Waals surface area contributed by atoms with Gasteiger partial charge in [-0.15, -0.1) is 0 Å². The van der Waals surface area contributed by atoms with Gasteiger partial charge in [0, 0.05) is 20.8 Å². The Balaban J connectivity index is 1.66. The quantitative estimate of drug-likeness (QED) is 0.414. The minimum absolute atomic E-state index is 0.0303. The van der Waals surface area contributed by atoms with E-state index in [1.807, 2.05) is 42.2 Å². The second-order valence-electron chi connectivity index (χ2n) is 7.18. The number of fused-ring (bicyclic) bond motifs is 3. The van der Waals surface area contributed by atoms with Gasteiger partial charge in [0.15, 0.2) is 0 Å². The van der Waals surface area contributed by atoms with Crippen LogP contribution in [0.1, 0.15) is 25.0 Å². The fraction of sp³-hybridized carbons (Fsp3) is 0.130. The molecule has 2 nitrogen and oxygen atoms in total. The number of hydrogen-bond acceptors (Lipinski definition) is 3. The van der Waals surface area contributed by atoms with Crippen LogP contribution in [-0.2, 0) is 5.41 Å². The van der Waals surface area contributed by atoms with Crippen molar-refractivity contribution in [3.05, 3.63) is 84.1 Å². The van der Waals surface area contributed by atoms with Crippen LogP contribution < -0.4 is 0 Å². The number of benzene rings is 3. The molecule has 0 amide bonds. The molecule has 4 aromatic rings. The average Bonchev–Trinajstić information content (AvgIpc) is 2.68. The Morgan fingerprint density at radius 3 is 2.38 bits per heavy atom. The van der Waals surface area contributed by atoms with Crippen LogP contribution in [0, 0.1) is 0 Å². The molecule has 0 radical (unpaired) electrons. The summed E-state index contributed by atoms with van der Waals surface area (Å²) in [5.74, 6) is 0. The van der Waals surface area contributed by atoms with Crippen molar-refractivity contribution in [3.8, 4) is 11.3 Å².